The molecule has 0 fully saturated rings. The minimum atomic E-state index is -2.95. The van der Waals surface area contributed by atoms with Crippen molar-refractivity contribution < 1.29 is 13.6 Å². The second kappa shape index (κ2) is 3.98. The Labute approximate surface area is 74.8 Å². The van der Waals surface area contributed by atoms with Crippen LogP contribution in [-0.2, 0) is 4.79 Å². The number of carbonyl (C=O) groups is 1. The van der Waals surface area contributed by atoms with E-state index in [1.165, 1.54) is 7.05 Å². The van der Waals surface area contributed by atoms with E-state index in [4.69, 9.17) is 0 Å². The quantitative estimate of drug-likeness (QED) is 0.689. The number of para-hydroxylation sites is 1. The van der Waals surface area contributed by atoms with Gasteiger partial charge in [0.15, 0.2) is 0 Å². The van der Waals surface area contributed by atoms with Gasteiger partial charge in [-0.25, -0.2) is 0 Å². The van der Waals surface area contributed by atoms with Crippen LogP contribution in [0.2, 0.25) is 0 Å². The van der Waals surface area contributed by atoms with Crippen LogP contribution in [0.1, 0.15) is 0 Å². The predicted molar refractivity (Wildman–Crippen MR) is 45.9 cm³/mol. The lowest BCUT2D eigenvalue weighted by Gasteiger charge is -2.15. The van der Waals surface area contributed by atoms with Gasteiger partial charge in [-0.3, -0.25) is 4.79 Å². The minimum absolute atomic E-state index is 0.466. The number of amides is 1. The monoisotopic (exact) mass is 185 g/mol. The Morgan fingerprint density at radius 2 is 1.85 bits per heavy atom. The third kappa shape index (κ3) is 2.24. The van der Waals surface area contributed by atoms with Crippen molar-refractivity contribution in [2.24, 2.45) is 0 Å². The summed E-state index contributed by atoms with van der Waals surface area (Å²) in [6, 6.07) is 8.32. The van der Waals surface area contributed by atoms with Crippen molar-refractivity contribution in [3.8, 4) is 0 Å². The van der Waals surface area contributed by atoms with Crippen molar-refractivity contribution >= 4 is 11.6 Å². The van der Waals surface area contributed by atoms with Gasteiger partial charge in [-0.1, -0.05) is 18.2 Å². The lowest BCUT2D eigenvalue weighted by atomic mass is 10.3. The Balaban J connectivity index is 2.80. The number of nitrogens with zero attached hydrogens (tertiary/aromatic N) is 1. The molecule has 0 unspecified atom stereocenters. The maximum Gasteiger partial charge on any atom is 0.316 e. The van der Waals surface area contributed by atoms with E-state index in [-0.39, 0.29) is 0 Å². The number of hydrogen-bond acceptors (Lipinski definition) is 1. The second-order valence-electron chi connectivity index (χ2n) is 2.53. The summed E-state index contributed by atoms with van der Waals surface area (Å²) in [6.07, 6.45) is -2.95. The van der Waals surface area contributed by atoms with Crippen LogP contribution < -0.4 is 4.90 Å². The average Bonchev–Trinajstić information content (AvgIpc) is 2.17. The van der Waals surface area contributed by atoms with Gasteiger partial charge < -0.3 is 4.90 Å². The van der Waals surface area contributed by atoms with E-state index in [0.29, 0.717) is 5.69 Å². The van der Waals surface area contributed by atoms with Crippen LogP contribution in [0.15, 0.2) is 30.3 Å². The van der Waals surface area contributed by atoms with Gasteiger partial charge >= 0.3 is 6.43 Å². The Hall–Kier alpha value is -1.45. The molecule has 0 aliphatic heterocycles. The molecule has 0 radical (unpaired) electrons. The molecule has 1 rings (SSSR count). The SMILES string of the molecule is CN(C(=O)C(F)F)c1ccccc1. The molecule has 0 N–H and O–H groups in total. The molecule has 0 aliphatic rings. The van der Waals surface area contributed by atoms with Crippen LogP contribution in [-0.4, -0.2) is 19.4 Å². The second-order valence-corrected chi connectivity index (χ2v) is 2.53. The third-order valence-corrected chi connectivity index (χ3v) is 1.66. The molecule has 4 heteroatoms. The number of anilines is 1. The fraction of sp³-hybridized carbons (Fsp3) is 0.222. The molecule has 0 aromatic heterocycles. The summed E-state index contributed by atoms with van der Waals surface area (Å²) < 4.78 is 23.9. The Morgan fingerprint density at radius 3 is 2.31 bits per heavy atom. The van der Waals surface area contributed by atoms with E-state index in [2.05, 4.69) is 0 Å². The Morgan fingerprint density at radius 1 is 1.31 bits per heavy atom. The predicted octanol–water partition coefficient (Wildman–Crippen LogP) is 1.91. The van der Waals surface area contributed by atoms with Gasteiger partial charge in [-0.05, 0) is 12.1 Å². The van der Waals surface area contributed by atoms with E-state index in [1.807, 2.05) is 0 Å². The van der Waals surface area contributed by atoms with E-state index in [9.17, 15) is 13.6 Å². The number of halogens is 2. The van der Waals surface area contributed by atoms with E-state index >= 15 is 0 Å². The lowest BCUT2D eigenvalue weighted by Crippen LogP contribution is -2.31. The normalized spacial score (nSPS) is 10.2. The summed E-state index contributed by atoms with van der Waals surface area (Å²) >= 11 is 0. The zero-order valence-electron chi connectivity index (χ0n) is 7.08. The summed E-state index contributed by atoms with van der Waals surface area (Å²) in [5.74, 6) is -1.19. The zero-order valence-corrected chi connectivity index (χ0v) is 7.08. The molecule has 13 heavy (non-hydrogen) atoms. The minimum Gasteiger partial charge on any atom is -0.311 e. The van der Waals surface area contributed by atoms with Crippen LogP contribution in [0, 0.1) is 0 Å². The smallest absolute Gasteiger partial charge is 0.311 e. The van der Waals surface area contributed by atoms with Crippen molar-refractivity contribution in [3.05, 3.63) is 30.3 Å². The van der Waals surface area contributed by atoms with Crippen LogP contribution in [0.5, 0.6) is 0 Å². The van der Waals surface area contributed by atoms with Gasteiger partial charge in [0.2, 0.25) is 0 Å². The maximum absolute atomic E-state index is 12.0. The van der Waals surface area contributed by atoms with Gasteiger partial charge in [-0.15, -0.1) is 0 Å². The highest BCUT2D eigenvalue weighted by molar-refractivity contribution is 5.94. The molecule has 2 nitrogen and oxygen atoms in total. The zero-order chi connectivity index (χ0) is 9.84. The van der Waals surface area contributed by atoms with Crippen LogP contribution >= 0.6 is 0 Å². The molecular formula is C9H9F2NO. The highest BCUT2D eigenvalue weighted by atomic mass is 19.3. The first-order valence-corrected chi connectivity index (χ1v) is 3.73. The fourth-order valence-electron chi connectivity index (χ4n) is 0.925. The van der Waals surface area contributed by atoms with Crippen molar-refractivity contribution in [1.29, 1.82) is 0 Å². The van der Waals surface area contributed by atoms with Gasteiger partial charge in [0.1, 0.15) is 0 Å². The number of rotatable bonds is 2. The summed E-state index contributed by atoms with van der Waals surface area (Å²) in [7, 11) is 1.32. The van der Waals surface area contributed by atoms with Gasteiger partial charge in [-0.2, -0.15) is 8.78 Å². The van der Waals surface area contributed by atoms with E-state index in [0.717, 1.165) is 4.90 Å². The molecule has 0 saturated heterocycles. The molecule has 0 aliphatic carbocycles. The largest absolute Gasteiger partial charge is 0.316 e. The summed E-state index contributed by atoms with van der Waals surface area (Å²) in [5.41, 5.74) is 0.466. The molecule has 0 bridgehead atoms. The van der Waals surface area contributed by atoms with E-state index < -0.39 is 12.3 Å². The van der Waals surface area contributed by atoms with E-state index in [1.54, 1.807) is 30.3 Å². The van der Waals surface area contributed by atoms with Gasteiger partial charge in [0, 0.05) is 12.7 Å². The maximum atomic E-state index is 12.0. The molecule has 0 saturated carbocycles. The lowest BCUT2D eigenvalue weighted by molar-refractivity contribution is -0.128. The molecule has 0 atom stereocenters. The Bertz CT molecular complexity index is 287. The van der Waals surface area contributed by atoms with Crippen molar-refractivity contribution in [2.45, 2.75) is 6.43 Å². The van der Waals surface area contributed by atoms with Crippen molar-refractivity contribution in [3.63, 3.8) is 0 Å². The molecule has 70 valence electrons. The number of benzene rings is 1. The van der Waals surface area contributed by atoms with Crippen LogP contribution in [0.3, 0.4) is 0 Å². The summed E-state index contributed by atoms with van der Waals surface area (Å²) in [5, 5.41) is 0. The third-order valence-electron chi connectivity index (χ3n) is 1.66. The molecular weight excluding hydrogens is 176 g/mol. The summed E-state index contributed by atoms with van der Waals surface area (Å²) in [6.45, 7) is 0. The van der Waals surface area contributed by atoms with Crippen LogP contribution in [0.25, 0.3) is 0 Å². The van der Waals surface area contributed by atoms with Gasteiger partial charge in [0.25, 0.3) is 5.91 Å². The molecule has 0 heterocycles. The number of carbonyl (C=O) groups excluding carboxylic acids is 1. The Kier molecular flexibility index (Phi) is 2.95. The topological polar surface area (TPSA) is 20.3 Å². The van der Waals surface area contributed by atoms with Gasteiger partial charge in [0.05, 0.1) is 0 Å². The molecule has 1 amide bonds. The van der Waals surface area contributed by atoms with Crippen LogP contribution in [0.4, 0.5) is 14.5 Å². The summed E-state index contributed by atoms with van der Waals surface area (Å²) in [4.78, 5) is 11.8. The standard InChI is InChI=1S/C9H9F2NO/c1-12(9(13)8(10)11)7-5-3-2-4-6-7/h2-6,8H,1H3. The van der Waals surface area contributed by atoms with Crippen molar-refractivity contribution in [2.75, 3.05) is 11.9 Å². The highest BCUT2D eigenvalue weighted by Crippen LogP contribution is 2.13. The molecule has 1 aromatic carbocycles. The first kappa shape index (κ1) is 9.64. The number of hydrogen-bond donors (Lipinski definition) is 0. The number of alkyl halides is 2. The first-order valence-electron chi connectivity index (χ1n) is 3.73. The first-order chi connectivity index (χ1) is 6.13. The fourth-order valence-corrected chi connectivity index (χ4v) is 0.925. The molecule has 1 aromatic rings. The average molecular weight is 185 g/mol. The highest BCUT2D eigenvalue weighted by Gasteiger charge is 2.20. The van der Waals surface area contributed by atoms with Crippen molar-refractivity contribution in [1.82, 2.24) is 0 Å². The molecule has 0 spiro atoms.